The van der Waals surface area contributed by atoms with E-state index in [4.69, 9.17) is 18.4 Å². The van der Waals surface area contributed by atoms with Crippen LogP contribution in [-0.2, 0) is 20.7 Å². The molecule has 5 rings (SSSR count). The predicted molar refractivity (Wildman–Crippen MR) is 180 cm³/mol. The van der Waals surface area contributed by atoms with Gasteiger partial charge in [0.15, 0.2) is 5.76 Å². The van der Waals surface area contributed by atoms with Gasteiger partial charge in [0.05, 0.1) is 12.7 Å². The Morgan fingerprint density at radius 3 is 2.24 bits per heavy atom. The van der Waals surface area contributed by atoms with Crippen molar-refractivity contribution in [3.05, 3.63) is 102 Å². The smallest absolute Gasteiger partial charge is 0.412 e. The van der Waals surface area contributed by atoms with Gasteiger partial charge in [-0.1, -0.05) is 49.3 Å². The average molecular weight is 669 g/mol. The van der Waals surface area contributed by atoms with Crippen molar-refractivity contribution in [2.45, 2.75) is 58.6 Å². The Kier molecular flexibility index (Phi) is 10.3. The van der Waals surface area contributed by atoms with Gasteiger partial charge in [-0.25, -0.2) is 14.0 Å². The highest BCUT2D eigenvalue weighted by Gasteiger charge is 2.25. The van der Waals surface area contributed by atoms with Crippen molar-refractivity contribution in [2.75, 3.05) is 12.4 Å². The number of hydrogen-bond acceptors (Lipinski definition) is 9. The zero-order valence-electron chi connectivity index (χ0n) is 28.0. The molecule has 2 N–H and O–H groups in total. The summed E-state index contributed by atoms with van der Waals surface area (Å²) in [4.78, 5) is 42.0. The third kappa shape index (κ3) is 8.78. The van der Waals surface area contributed by atoms with Crippen LogP contribution in [0.2, 0.25) is 0 Å². The summed E-state index contributed by atoms with van der Waals surface area (Å²) in [5.41, 5.74) is 2.89. The molecule has 49 heavy (non-hydrogen) atoms. The predicted octanol–water partition coefficient (Wildman–Crippen LogP) is 7.79. The quantitative estimate of drug-likeness (QED) is 0.142. The minimum absolute atomic E-state index is 0.0141. The molecule has 11 nitrogen and oxygen atoms in total. The number of aromatic nitrogens is 2. The average Bonchev–Trinajstić information content (AvgIpc) is 3.75. The molecule has 0 bridgehead atoms. The van der Waals surface area contributed by atoms with Gasteiger partial charge in [-0.2, -0.15) is 4.98 Å². The number of anilines is 1. The first-order chi connectivity index (χ1) is 23.3. The number of rotatable bonds is 10. The van der Waals surface area contributed by atoms with Crippen molar-refractivity contribution in [3.63, 3.8) is 0 Å². The molecular weight excluding hydrogens is 631 g/mol. The molecule has 0 saturated carbocycles. The molecule has 0 radical (unpaired) electrons. The molecule has 0 aliphatic rings. The van der Waals surface area contributed by atoms with Gasteiger partial charge in [-0.05, 0) is 86.3 Å². The fourth-order valence-corrected chi connectivity index (χ4v) is 4.88. The number of carbonyl (C=O) groups excluding carboxylic acids is 3. The highest BCUT2D eigenvalue weighted by atomic mass is 19.1. The topological polar surface area (TPSA) is 146 Å². The van der Waals surface area contributed by atoms with Crippen LogP contribution < -0.4 is 10.6 Å². The third-order valence-electron chi connectivity index (χ3n) is 7.40. The lowest BCUT2D eigenvalue weighted by Gasteiger charge is -2.19. The molecule has 3 aromatic carbocycles. The Balaban J connectivity index is 1.24. The zero-order chi connectivity index (χ0) is 35.3. The van der Waals surface area contributed by atoms with E-state index in [0.29, 0.717) is 28.5 Å². The van der Waals surface area contributed by atoms with Crippen LogP contribution in [0.3, 0.4) is 0 Å². The number of hydrogen-bond donors (Lipinski definition) is 2. The number of halogens is 1. The van der Waals surface area contributed by atoms with Crippen molar-refractivity contribution in [3.8, 4) is 34.2 Å². The van der Waals surface area contributed by atoms with Crippen molar-refractivity contribution in [2.24, 2.45) is 0 Å². The lowest BCUT2D eigenvalue weighted by atomic mass is 10.0. The minimum Gasteiger partial charge on any atom is -0.467 e. The summed E-state index contributed by atoms with van der Waals surface area (Å²) in [5.74, 6) is -0.925. The van der Waals surface area contributed by atoms with Crippen LogP contribution in [0, 0.1) is 5.82 Å². The lowest BCUT2D eigenvalue weighted by Crippen LogP contribution is -2.43. The van der Waals surface area contributed by atoms with Crippen LogP contribution in [0.25, 0.3) is 34.2 Å². The Morgan fingerprint density at radius 1 is 0.918 bits per heavy atom. The van der Waals surface area contributed by atoms with Gasteiger partial charge in [0.25, 0.3) is 11.8 Å². The molecular formula is C37H37FN4O7. The van der Waals surface area contributed by atoms with E-state index in [-0.39, 0.29) is 29.5 Å². The standard InChI is InChI=1S/C37H37FN4O7/c1-21(2)23-8-10-24(11-9-23)30-17-18-31(47-30)33(43)40-29(35(44)46-6)20-22-7-16-27(28(38)19-22)32-41-34(49-42-32)25-12-14-26(15-13-25)39-36(45)48-37(3,4)5/h7-19,21,29H,20H2,1-6H3,(H,39,45)(H,40,43)/t29-/m1/s1. The van der Waals surface area contributed by atoms with E-state index in [1.165, 1.54) is 30.9 Å². The second-order valence-electron chi connectivity index (χ2n) is 12.6. The largest absolute Gasteiger partial charge is 0.467 e. The van der Waals surface area contributed by atoms with Gasteiger partial charge in [-0.15, -0.1) is 0 Å². The number of nitrogens with zero attached hydrogens (tertiary/aromatic N) is 2. The summed E-state index contributed by atoms with van der Waals surface area (Å²) in [5, 5.41) is 9.19. The summed E-state index contributed by atoms with van der Waals surface area (Å²) < 4.78 is 36.6. The highest BCUT2D eigenvalue weighted by molar-refractivity contribution is 5.95. The Morgan fingerprint density at radius 2 is 1.61 bits per heavy atom. The van der Waals surface area contributed by atoms with Gasteiger partial charge >= 0.3 is 12.1 Å². The van der Waals surface area contributed by atoms with E-state index >= 15 is 4.39 Å². The van der Waals surface area contributed by atoms with Crippen LogP contribution >= 0.6 is 0 Å². The van der Waals surface area contributed by atoms with Crippen molar-refractivity contribution >= 4 is 23.7 Å². The summed E-state index contributed by atoms with van der Waals surface area (Å²) in [6.45, 7) is 9.51. The van der Waals surface area contributed by atoms with Gasteiger partial charge in [-0.3, -0.25) is 10.1 Å². The normalized spacial score (nSPS) is 12.0. The first kappa shape index (κ1) is 34.6. The third-order valence-corrected chi connectivity index (χ3v) is 7.40. The van der Waals surface area contributed by atoms with E-state index in [0.717, 1.165) is 5.56 Å². The molecule has 0 aliphatic carbocycles. The number of furan rings is 1. The SMILES string of the molecule is COC(=O)[C@@H](Cc1ccc(-c2noc(-c3ccc(NC(=O)OC(C)(C)C)cc3)n2)c(F)c1)NC(=O)c1ccc(-c2ccc(C(C)C)cc2)o1. The molecule has 0 saturated heterocycles. The fourth-order valence-electron chi connectivity index (χ4n) is 4.88. The summed E-state index contributed by atoms with van der Waals surface area (Å²) in [7, 11) is 1.20. The van der Waals surface area contributed by atoms with Crippen LogP contribution in [-0.4, -0.2) is 46.9 Å². The molecule has 12 heteroatoms. The second kappa shape index (κ2) is 14.5. The van der Waals surface area contributed by atoms with Crippen LogP contribution in [0.5, 0.6) is 0 Å². The van der Waals surface area contributed by atoms with Crippen molar-refractivity contribution in [1.82, 2.24) is 15.5 Å². The maximum atomic E-state index is 15.3. The second-order valence-corrected chi connectivity index (χ2v) is 12.6. The fraction of sp³-hybridized carbons (Fsp3) is 0.270. The summed E-state index contributed by atoms with van der Waals surface area (Å²) in [6.07, 6.45) is -0.643. The molecule has 2 amide bonds. The molecule has 2 aromatic heterocycles. The van der Waals surface area contributed by atoms with Gasteiger partial charge in [0.1, 0.15) is 23.2 Å². The van der Waals surface area contributed by atoms with Gasteiger partial charge in [0.2, 0.25) is 5.82 Å². The first-order valence-electron chi connectivity index (χ1n) is 15.6. The molecule has 254 valence electrons. The van der Waals surface area contributed by atoms with E-state index in [1.807, 2.05) is 24.3 Å². The number of esters is 1. The van der Waals surface area contributed by atoms with Crippen molar-refractivity contribution in [1.29, 1.82) is 0 Å². The molecule has 2 heterocycles. The molecule has 0 aliphatic heterocycles. The molecule has 0 unspecified atom stereocenters. The number of nitrogens with one attached hydrogen (secondary N) is 2. The first-order valence-corrected chi connectivity index (χ1v) is 15.6. The van der Waals surface area contributed by atoms with Gasteiger partial charge < -0.3 is 23.7 Å². The monoisotopic (exact) mass is 668 g/mol. The van der Waals surface area contributed by atoms with Crippen LogP contribution in [0.15, 0.2) is 87.8 Å². The maximum absolute atomic E-state index is 15.3. The summed E-state index contributed by atoms with van der Waals surface area (Å²) in [6, 6.07) is 20.9. The van der Waals surface area contributed by atoms with E-state index in [9.17, 15) is 14.4 Å². The maximum Gasteiger partial charge on any atom is 0.412 e. The number of amides is 2. The molecule has 1 atom stereocenters. The highest BCUT2D eigenvalue weighted by Crippen LogP contribution is 2.27. The number of carbonyl (C=O) groups is 3. The minimum atomic E-state index is -1.12. The lowest BCUT2D eigenvalue weighted by molar-refractivity contribution is -0.142. The molecule has 5 aromatic rings. The van der Waals surface area contributed by atoms with E-state index in [1.54, 1.807) is 57.2 Å². The van der Waals surface area contributed by atoms with Gasteiger partial charge in [0, 0.05) is 23.2 Å². The van der Waals surface area contributed by atoms with Crippen LogP contribution in [0.1, 0.15) is 62.2 Å². The number of methoxy groups -OCH3 is 1. The number of benzene rings is 3. The van der Waals surface area contributed by atoms with Crippen LogP contribution in [0.4, 0.5) is 14.9 Å². The van der Waals surface area contributed by atoms with Crippen molar-refractivity contribution < 1.29 is 37.2 Å². The molecule has 0 spiro atoms. The number of ether oxygens (including phenoxy) is 2. The Labute approximate surface area is 282 Å². The summed E-state index contributed by atoms with van der Waals surface area (Å²) >= 11 is 0. The Bertz CT molecular complexity index is 1940. The molecule has 0 fully saturated rings. The zero-order valence-corrected chi connectivity index (χ0v) is 28.0. The van der Waals surface area contributed by atoms with E-state index < -0.39 is 35.4 Å². The van der Waals surface area contributed by atoms with E-state index in [2.05, 4.69) is 34.6 Å². The Hall–Kier alpha value is -5.78.